The van der Waals surface area contributed by atoms with Crippen LogP contribution in [0.1, 0.15) is 6.92 Å². The summed E-state index contributed by atoms with van der Waals surface area (Å²) in [6.45, 7) is 1.51. The Hall–Kier alpha value is -1.36. The summed E-state index contributed by atoms with van der Waals surface area (Å²) in [7, 11) is -3.62. The number of nitrogens with zero attached hydrogens (tertiary/aromatic N) is 1. The van der Waals surface area contributed by atoms with Gasteiger partial charge in [0.15, 0.2) is 0 Å². The summed E-state index contributed by atoms with van der Waals surface area (Å²) in [6, 6.07) is 6.48. The van der Waals surface area contributed by atoms with Gasteiger partial charge in [0.05, 0.1) is 5.69 Å². The smallest absolute Gasteiger partial charge is 0.342 e. The van der Waals surface area contributed by atoms with E-state index in [1.165, 1.54) is 13.0 Å². The molecule has 0 aromatic heterocycles. The molecule has 0 radical (unpaired) electrons. The molecule has 0 unspecified atom stereocenters. The summed E-state index contributed by atoms with van der Waals surface area (Å²) < 4.78 is 27.4. The van der Waals surface area contributed by atoms with Crippen LogP contribution in [0.2, 0.25) is 0 Å². The van der Waals surface area contributed by atoms with Crippen LogP contribution in [0.3, 0.4) is 0 Å². The highest BCUT2D eigenvalue weighted by Crippen LogP contribution is 2.29. The number of fused-ring (bicyclic) bond motifs is 1. The van der Waals surface area contributed by atoms with Crippen molar-refractivity contribution in [2.75, 3.05) is 0 Å². The zero-order chi connectivity index (χ0) is 9.47. The van der Waals surface area contributed by atoms with Gasteiger partial charge >= 0.3 is 10.1 Å². The molecule has 0 spiro atoms. The van der Waals surface area contributed by atoms with E-state index >= 15 is 0 Å². The van der Waals surface area contributed by atoms with Gasteiger partial charge in [-0.15, -0.1) is 0 Å². The fourth-order valence-corrected chi connectivity index (χ4v) is 2.21. The Labute approximate surface area is 76.0 Å². The molecule has 0 atom stereocenters. The summed E-state index contributed by atoms with van der Waals surface area (Å²) >= 11 is 0. The van der Waals surface area contributed by atoms with E-state index in [1.807, 2.05) is 0 Å². The molecule has 2 rings (SSSR count). The Bertz CT molecular complexity index is 476. The second-order valence-corrected chi connectivity index (χ2v) is 4.15. The third kappa shape index (κ3) is 1.31. The van der Waals surface area contributed by atoms with E-state index in [-0.39, 0.29) is 10.8 Å². The van der Waals surface area contributed by atoms with Crippen LogP contribution in [-0.2, 0) is 14.3 Å². The van der Waals surface area contributed by atoms with Gasteiger partial charge in [-0.1, -0.05) is 12.1 Å². The predicted octanol–water partition coefficient (Wildman–Crippen LogP) is 1.46. The van der Waals surface area contributed by atoms with Gasteiger partial charge in [-0.05, 0) is 12.1 Å². The average Bonchev–Trinajstić information content (AvgIpc) is 2.02. The van der Waals surface area contributed by atoms with Crippen molar-refractivity contribution in [2.24, 2.45) is 4.99 Å². The molecular formula is C8H7NO3S. The number of para-hydroxylation sites is 1. The first-order chi connectivity index (χ1) is 6.09. The summed E-state index contributed by atoms with van der Waals surface area (Å²) in [5, 5.41) is 0. The molecule has 1 heterocycles. The number of benzene rings is 1. The van der Waals surface area contributed by atoms with Crippen molar-refractivity contribution >= 4 is 21.7 Å². The molecule has 13 heavy (non-hydrogen) atoms. The Morgan fingerprint density at radius 1 is 1.31 bits per heavy atom. The SMILES string of the molecule is CC1=Nc2ccccc2S(=O)(=O)O1. The average molecular weight is 197 g/mol. The summed E-state index contributed by atoms with van der Waals surface area (Å²) in [5.41, 5.74) is 0.436. The quantitative estimate of drug-likeness (QED) is 0.591. The van der Waals surface area contributed by atoms with Crippen LogP contribution >= 0.6 is 0 Å². The van der Waals surface area contributed by atoms with Gasteiger partial charge in [0.1, 0.15) is 4.90 Å². The van der Waals surface area contributed by atoms with Gasteiger partial charge in [-0.25, -0.2) is 4.99 Å². The van der Waals surface area contributed by atoms with Crippen LogP contribution in [0.15, 0.2) is 34.2 Å². The molecule has 0 N–H and O–H groups in total. The maximum atomic E-state index is 11.4. The van der Waals surface area contributed by atoms with Gasteiger partial charge in [0.25, 0.3) is 0 Å². The Morgan fingerprint density at radius 3 is 2.77 bits per heavy atom. The minimum absolute atomic E-state index is 0.126. The molecule has 5 heteroatoms. The van der Waals surface area contributed by atoms with Crippen molar-refractivity contribution in [1.29, 1.82) is 0 Å². The van der Waals surface area contributed by atoms with Crippen LogP contribution in [0, 0.1) is 0 Å². The minimum atomic E-state index is -3.62. The molecule has 1 aromatic carbocycles. The number of rotatable bonds is 0. The second kappa shape index (κ2) is 2.56. The van der Waals surface area contributed by atoms with E-state index in [0.29, 0.717) is 5.69 Å². The van der Waals surface area contributed by atoms with Crippen LogP contribution in [0.4, 0.5) is 5.69 Å². The Morgan fingerprint density at radius 2 is 2.00 bits per heavy atom. The van der Waals surface area contributed by atoms with Crippen LogP contribution < -0.4 is 0 Å². The fourth-order valence-electron chi connectivity index (χ4n) is 1.15. The first kappa shape index (κ1) is 8.25. The van der Waals surface area contributed by atoms with Gasteiger partial charge in [-0.2, -0.15) is 8.42 Å². The highest BCUT2D eigenvalue weighted by Gasteiger charge is 2.24. The lowest BCUT2D eigenvalue weighted by Gasteiger charge is -2.13. The lowest BCUT2D eigenvalue weighted by atomic mass is 10.3. The fraction of sp³-hybridized carbons (Fsp3) is 0.125. The van der Waals surface area contributed by atoms with Gasteiger partial charge in [0, 0.05) is 6.92 Å². The van der Waals surface area contributed by atoms with E-state index in [0.717, 1.165) is 0 Å². The van der Waals surface area contributed by atoms with Crippen molar-refractivity contribution in [3.8, 4) is 0 Å². The zero-order valence-corrected chi connectivity index (χ0v) is 7.71. The predicted molar refractivity (Wildman–Crippen MR) is 47.5 cm³/mol. The molecule has 0 aliphatic carbocycles. The third-order valence-electron chi connectivity index (χ3n) is 1.64. The zero-order valence-electron chi connectivity index (χ0n) is 6.89. The molecule has 0 amide bonds. The molecule has 0 bridgehead atoms. The molecule has 0 saturated heterocycles. The Balaban J connectivity index is 2.76. The molecule has 1 aromatic rings. The van der Waals surface area contributed by atoms with E-state index in [9.17, 15) is 8.42 Å². The van der Waals surface area contributed by atoms with Gasteiger partial charge < -0.3 is 4.18 Å². The molecule has 1 aliphatic heterocycles. The number of hydrogen-bond donors (Lipinski definition) is 0. The first-order valence-corrected chi connectivity index (χ1v) is 5.09. The highest BCUT2D eigenvalue weighted by atomic mass is 32.2. The molecular weight excluding hydrogens is 190 g/mol. The minimum Gasteiger partial charge on any atom is -0.363 e. The molecule has 68 valence electrons. The standard InChI is InChI=1S/C8H7NO3S/c1-6-9-7-4-2-3-5-8(7)13(10,11)12-6/h2-5H,1H3. The van der Waals surface area contributed by atoms with Crippen molar-refractivity contribution in [1.82, 2.24) is 0 Å². The van der Waals surface area contributed by atoms with Gasteiger partial charge in [-0.3, -0.25) is 0 Å². The largest absolute Gasteiger partial charge is 0.363 e. The van der Waals surface area contributed by atoms with E-state index in [1.54, 1.807) is 18.2 Å². The van der Waals surface area contributed by atoms with Crippen LogP contribution in [-0.4, -0.2) is 14.3 Å². The molecule has 1 aliphatic rings. The molecule has 0 saturated carbocycles. The summed E-state index contributed by atoms with van der Waals surface area (Å²) in [5.74, 6) is 0.152. The van der Waals surface area contributed by atoms with Gasteiger partial charge in [0.2, 0.25) is 5.90 Å². The summed E-state index contributed by atoms with van der Waals surface area (Å²) in [4.78, 5) is 4.08. The van der Waals surface area contributed by atoms with Crippen molar-refractivity contribution in [2.45, 2.75) is 11.8 Å². The van der Waals surface area contributed by atoms with Crippen molar-refractivity contribution in [3.63, 3.8) is 0 Å². The van der Waals surface area contributed by atoms with Crippen molar-refractivity contribution in [3.05, 3.63) is 24.3 Å². The molecule has 4 nitrogen and oxygen atoms in total. The number of aliphatic imine (C=N–C) groups is 1. The summed E-state index contributed by atoms with van der Waals surface area (Å²) in [6.07, 6.45) is 0. The molecule has 0 fully saturated rings. The lowest BCUT2D eigenvalue weighted by molar-refractivity contribution is 0.476. The third-order valence-corrected chi connectivity index (χ3v) is 2.99. The monoisotopic (exact) mass is 197 g/mol. The number of hydrogen-bond acceptors (Lipinski definition) is 4. The van der Waals surface area contributed by atoms with E-state index < -0.39 is 10.1 Å². The first-order valence-electron chi connectivity index (χ1n) is 3.68. The van der Waals surface area contributed by atoms with Crippen LogP contribution in [0.5, 0.6) is 0 Å². The Kier molecular flexibility index (Phi) is 1.63. The van der Waals surface area contributed by atoms with E-state index in [2.05, 4.69) is 9.18 Å². The normalized spacial score (nSPS) is 18.4. The lowest BCUT2D eigenvalue weighted by Crippen LogP contribution is -2.14. The maximum Gasteiger partial charge on any atom is 0.342 e. The van der Waals surface area contributed by atoms with Crippen molar-refractivity contribution < 1.29 is 12.6 Å². The maximum absolute atomic E-state index is 11.4. The topological polar surface area (TPSA) is 55.7 Å². The highest BCUT2D eigenvalue weighted by molar-refractivity contribution is 7.87. The van der Waals surface area contributed by atoms with E-state index in [4.69, 9.17) is 0 Å². The van der Waals surface area contributed by atoms with Crippen LogP contribution in [0.25, 0.3) is 0 Å². The second-order valence-electron chi connectivity index (χ2n) is 2.64.